The number of ether oxygens (including phenoxy) is 1. The first kappa shape index (κ1) is 18.2. The van der Waals surface area contributed by atoms with Crippen LogP contribution in [0.3, 0.4) is 0 Å². The maximum atomic E-state index is 12.4. The van der Waals surface area contributed by atoms with E-state index in [1.807, 2.05) is 28.8 Å². The largest absolute Gasteiger partial charge is 0.379 e. The quantitative estimate of drug-likeness (QED) is 0.725. The third-order valence-corrected chi connectivity index (χ3v) is 4.93. The minimum Gasteiger partial charge on any atom is -0.379 e. The van der Waals surface area contributed by atoms with Gasteiger partial charge in [-0.1, -0.05) is 12.1 Å². The standard InChI is InChI=1S/C18H26N4O2S/c1-25-14-17-20-15-5-2-3-6-16(15)22(17)13-18(23)19-7-4-8-21-9-11-24-12-10-21/h2-3,5-6H,4,7-14H2,1H3,(H,19,23). The van der Waals surface area contributed by atoms with E-state index in [9.17, 15) is 4.79 Å². The minimum atomic E-state index is 0.0486. The molecule has 0 atom stereocenters. The van der Waals surface area contributed by atoms with Gasteiger partial charge in [-0.15, -0.1) is 0 Å². The van der Waals surface area contributed by atoms with Crippen LogP contribution in [-0.4, -0.2) is 66.0 Å². The van der Waals surface area contributed by atoms with Crippen molar-refractivity contribution in [3.63, 3.8) is 0 Å². The number of morpholine rings is 1. The fourth-order valence-corrected chi connectivity index (χ4v) is 3.57. The summed E-state index contributed by atoms with van der Waals surface area (Å²) in [6, 6.07) is 7.99. The lowest BCUT2D eigenvalue weighted by Crippen LogP contribution is -2.38. The number of carbonyl (C=O) groups is 1. The fraction of sp³-hybridized carbons (Fsp3) is 0.556. The molecular formula is C18H26N4O2S. The summed E-state index contributed by atoms with van der Waals surface area (Å²) in [5.74, 6) is 1.81. The van der Waals surface area contributed by atoms with Crippen LogP contribution in [0.5, 0.6) is 0 Å². The van der Waals surface area contributed by atoms with Crippen LogP contribution in [-0.2, 0) is 21.8 Å². The summed E-state index contributed by atoms with van der Waals surface area (Å²) in [6.45, 7) is 5.67. The Kier molecular flexibility index (Phi) is 6.72. The second-order valence-electron chi connectivity index (χ2n) is 6.19. The number of nitrogens with zero attached hydrogens (tertiary/aromatic N) is 3. The lowest BCUT2D eigenvalue weighted by molar-refractivity contribution is -0.121. The van der Waals surface area contributed by atoms with Crippen LogP contribution < -0.4 is 5.32 Å². The molecule has 136 valence electrons. The first-order chi connectivity index (χ1) is 12.3. The van der Waals surface area contributed by atoms with E-state index in [0.29, 0.717) is 13.1 Å². The number of amides is 1. The maximum Gasteiger partial charge on any atom is 0.240 e. The summed E-state index contributed by atoms with van der Waals surface area (Å²) in [4.78, 5) is 19.4. The molecule has 1 saturated heterocycles. The van der Waals surface area contributed by atoms with Gasteiger partial charge in [0.2, 0.25) is 5.91 Å². The van der Waals surface area contributed by atoms with Crippen molar-refractivity contribution in [3.05, 3.63) is 30.1 Å². The summed E-state index contributed by atoms with van der Waals surface area (Å²) in [6.07, 6.45) is 3.02. The number of rotatable bonds is 8. The molecule has 3 rings (SSSR count). The second-order valence-corrected chi connectivity index (χ2v) is 7.06. The normalized spacial score (nSPS) is 15.6. The van der Waals surface area contributed by atoms with Crippen molar-refractivity contribution in [1.82, 2.24) is 19.8 Å². The van der Waals surface area contributed by atoms with E-state index in [1.165, 1.54) is 0 Å². The van der Waals surface area contributed by atoms with Crippen LogP contribution in [0.25, 0.3) is 11.0 Å². The van der Waals surface area contributed by atoms with E-state index in [1.54, 1.807) is 11.8 Å². The van der Waals surface area contributed by atoms with Gasteiger partial charge in [0.25, 0.3) is 0 Å². The Morgan fingerprint density at radius 3 is 2.92 bits per heavy atom. The topological polar surface area (TPSA) is 59.4 Å². The molecule has 0 spiro atoms. The summed E-state index contributed by atoms with van der Waals surface area (Å²) in [5.41, 5.74) is 1.97. The fourth-order valence-electron chi connectivity index (χ4n) is 3.10. The zero-order valence-electron chi connectivity index (χ0n) is 14.7. The van der Waals surface area contributed by atoms with Gasteiger partial charge in [-0.3, -0.25) is 9.69 Å². The predicted molar refractivity (Wildman–Crippen MR) is 102 cm³/mol. The maximum absolute atomic E-state index is 12.4. The predicted octanol–water partition coefficient (Wildman–Crippen LogP) is 1.74. The molecule has 1 amide bonds. The number of thioether (sulfide) groups is 1. The smallest absolute Gasteiger partial charge is 0.240 e. The van der Waals surface area contributed by atoms with Crippen molar-refractivity contribution in [2.45, 2.75) is 18.7 Å². The van der Waals surface area contributed by atoms with E-state index in [4.69, 9.17) is 4.74 Å². The highest BCUT2D eigenvalue weighted by molar-refractivity contribution is 7.97. The molecule has 6 nitrogen and oxygen atoms in total. The summed E-state index contributed by atoms with van der Waals surface area (Å²) in [5, 5.41) is 3.04. The number of hydrogen-bond acceptors (Lipinski definition) is 5. The Hall–Kier alpha value is -1.57. The number of benzene rings is 1. The van der Waals surface area contributed by atoms with Gasteiger partial charge in [0, 0.05) is 19.6 Å². The summed E-state index contributed by atoms with van der Waals surface area (Å²) < 4.78 is 7.38. The zero-order valence-corrected chi connectivity index (χ0v) is 15.6. The molecule has 1 aromatic heterocycles. The Bertz CT molecular complexity index is 697. The molecule has 0 bridgehead atoms. The Morgan fingerprint density at radius 2 is 2.12 bits per heavy atom. The number of para-hydroxylation sites is 2. The zero-order chi connectivity index (χ0) is 17.5. The molecule has 7 heteroatoms. The van der Waals surface area contributed by atoms with Gasteiger partial charge in [-0.2, -0.15) is 11.8 Å². The number of hydrogen-bond donors (Lipinski definition) is 1. The average Bonchev–Trinajstić information content (AvgIpc) is 2.97. The van der Waals surface area contributed by atoms with Crippen molar-refractivity contribution in [1.29, 1.82) is 0 Å². The van der Waals surface area contributed by atoms with Gasteiger partial charge < -0.3 is 14.6 Å². The minimum absolute atomic E-state index is 0.0486. The molecule has 0 radical (unpaired) electrons. The van der Waals surface area contributed by atoms with Gasteiger partial charge in [0.15, 0.2) is 0 Å². The van der Waals surface area contributed by atoms with E-state index in [0.717, 1.165) is 61.9 Å². The second kappa shape index (κ2) is 9.22. The SMILES string of the molecule is CSCc1nc2ccccc2n1CC(=O)NCCCN1CCOCC1. The Labute approximate surface area is 152 Å². The van der Waals surface area contributed by atoms with Gasteiger partial charge >= 0.3 is 0 Å². The van der Waals surface area contributed by atoms with E-state index in [2.05, 4.69) is 21.5 Å². The van der Waals surface area contributed by atoms with Crippen LogP contribution in [0.15, 0.2) is 24.3 Å². The molecule has 2 heterocycles. The molecule has 1 N–H and O–H groups in total. The first-order valence-corrected chi connectivity index (χ1v) is 10.2. The van der Waals surface area contributed by atoms with Crippen LogP contribution in [0.4, 0.5) is 0 Å². The molecule has 0 aliphatic carbocycles. The highest BCUT2D eigenvalue weighted by Crippen LogP contribution is 2.18. The number of aromatic nitrogens is 2. The lowest BCUT2D eigenvalue weighted by atomic mass is 10.3. The highest BCUT2D eigenvalue weighted by atomic mass is 32.2. The number of nitrogens with one attached hydrogen (secondary N) is 1. The van der Waals surface area contributed by atoms with Crippen molar-refractivity contribution < 1.29 is 9.53 Å². The number of fused-ring (bicyclic) bond motifs is 1. The Morgan fingerprint density at radius 1 is 1.32 bits per heavy atom. The first-order valence-electron chi connectivity index (χ1n) is 8.78. The van der Waals surface area contributed by atoms with Crippen molar-refractivity contribution >= 4 is 28.7 Å². The van der Waals surface area contributed by atoms with E-state index in [-0.39, 0.29) is 5.91 Å². The number of carbonyl (C=O) groups excluding carboxylic acids is 1. The lowest BCUT2D eigenvalue weighted by Gasteiger charge is -2.26. The van der Waals surface area contributed by atoms with Gasteiger partial charge in [0.1, 0.15) is 12.4 Å². The summed E-state index contributed by atoms with van der Waals surface area (Å²) in [7, 11) is 0. The Balaban J connectivity index is 1.52. The van der Waals surface area contributed by atoms with Crippen LogP contribution >= 0.6 is 11.8 Å². The monoisotopic (exact) mass is 362 g/mol. The molecule has 1 aliphatic heterocycles. The van der Waals surface area contributed by atoms with Crippen molar-refractivity contribution in [2.24, 2.45) is 0 Å². The van der Waals surface area contributed by atoms with Crippen LogP contribution in [0.1, 0.15) is 12.2 Å². The van der Waals surface area contributed by atoms with Crippen LogP contribution in [0.2, 0.25) is 0 Å². The number of imidazole rings is 1. The van der Waals surface area contributed by atoms with Crippen molar-refractivity contribution in [3.8, 4) is 0 Å². The molecule has 0 unspecified atom stereocenters. The average molecular weight is 362 g/mol. The molecule has 1 aromatic carbocycles. The molecule has 1 fully saturated rings. The third kappa shape index (κ3) is 4.96. The summed E-state index contributed by atoms with van der Waals surface area (Å²) >= 11 is 1.72. The molecular weight excluding hydrogens is 336 g/mol. The van der Waals surface area contributed by atoms with Gasteiger partial charge in [-0.25, -0.2) is 4.98 Å². The van der Waals surface area contributed by atoms with Gasteiger partial charge in [-0.05, 0) is 31.4 Å². The molecule has 0 saturated carbocycles. The van der Waals surface area contributed by atoms with E-state index < -0.39 is 0 Å². The van der Waals surface area contributed by atoms with Crippen molar-refractivity contribution in [2.75, 3.05) is 45.6 Å². The molecule has 25 heavy (non-hydrogen) atoms. The van der Waals surface area contributed by atoms with Crippen LogP contribution in [0, 0.1) is 0 Å². The molecule has 2 aromatic rings. The highest BCUT2D eigenvalue weighted by Gasteiger charge is 2.13. The van der Waals surface area contributed by atoms with E-state index >= 15 is 0 Å². The van der Waals surface area contributed by atoms with Gasteiger partial charge in [0.05, 0.1) is 30.0 Å². The third-order valence-electron chi connectivity index (χ3n) is 4.39. The molecule has 1 aliphatic rings.